The van der Waals surface area contributed by atoms with Crippen LogP contribution in [0.3, 0.4) is 0 Å². The van der Waals surface area contributed by atoms with Crippen LogP contribution in [-0.4, -0.2) is 31.4 Å². The molecule has 0 spiro atoms. The van der Waals surface area contributed by atoms with Gasteiger partial charge >= 0.3 is 0 Å². The molecule has 0 radical (unpaired) electrons. The molecule has 0 unspecified atom stereocenters. The van der Waals surface area contributed by atoms with Gasteiger partial charge in [0.05, 0.1) is 5.69 Å². The summed E-state index contributed by atoms with van der Waals surface area (Å²) < 4.78 is 3.37. The van der Waals surface area contributed by atoms with Gasteiger partial charge in [-0.25, -0.2) is 0 Å². The molecule has 3 atom stereocenters. The van der Waals surface area contributed by atoms with Crippen molar-refractivity contribution in [3.8, 4) is 5.69 Å². The fourth-order valence-electron chi connectivity index (χ4n) is 4.17. The molecular formula is C22H21BrN4S. The highest BCUT2D eigenvalue weighted by atomic mass is 79.9. The van der Waals surface area contributed by atoms with Gasteiger partial charge < -0.3 is 9.47 Å². The Labute approximate surface area is 177 Å². The number of thioether (sulfide) groups is 1. The van der Waals surface area contributed by atoms with E-state index >= 15 is 0 Å². The highest BCUT2D eigenvalue weighted by Crippen LogP contribution is 2.48. The van der Waals surface area contributed by atoms with Gasteiger partial charge in [0.1, 0.15) is 12.1 Å². The number of aromatic nitrogens is 2. The maximum Gasteiger partial charge on any atom is 0.160 e. The van der Waals surface area contributed by atoms with Crippen LogP contribution in [0, 0.1) is 0 Å². The number of hydrogen-bond acceptors (Lipinski definition) is 4. The van der Waals surface area contributed by atoms with Gasteiger partial charge in [-0.15, -0.1) is 0 Å². The van der Waals surface area contributed by atoms with Gasteiger partial charge in [-0.05, 0) is 48.9 Å². The summed E-state index contributed by atoms with van der Waals surface area (Å²) in [6, 6.07) is 19.6. The lowest BCUT2D eigenvalue weighted by atomic mass is 9.99. The van der Waals surface area contributed by atoms with Gasteiger partial charge in [0, 0.05) is 40.0 Å². The molecule has 0 amide bonds. The molecule has 0 aliphatic carbocycles. The van der Waals surface area contributed by atoms with E-state index in [-0.39, 0.29) is 12.1 Å². The van der Waals surface area contributed by atoms with Crippen LogP contribution in [0.15, 0.2) is 76.5 Å². The summed E-state index contributed by atoms with van der Waals surface area (Å²) >= 11 is 5.49. The zero-order valence-electron chi connectivity index (χ0n) is 15.6. The fourth-order valence-corrected chi connectivity index (χ4v) is 5.89. The number of nitrogens with zero attached hydrogens (tertiary/aromatic N) is 4. The third kappa shape index (κ3) is 2.99. The van der Waals surface area contributed by atoms with Crippen LogP contribution < -0.4 is 0 Å². The molecule has 142 valence electrons. The fraction of sp³-hybridized carbons (Fsp3) is 0.273. The van der Waals surface area contributed by atoms with Crippen LogP contribution in [0.25, 0.3) is 5.69 Å². The number of fused-ring (bicyclic) bond motifs is 1. The van der Waals surface area contributed by atoms with E-state index in [2.05, 4.69) is 92.0 Å². The number of amidine groups is 1. The lowest BCUT2D eigenvalue weighted by Gasteiger charge is -2.32. The maximum atomic E-state index is 5.13. The predicted molar refractivity (Wildman–Crippen MR) is 119 cm³/mol. The van der Waals surface area contributed by atoms with E-state index in [0.717, 1.165) is 33.2 Å². The largest absolute Gasteiger partial charge is 0.337 e. The Balaban J connectivity index is 1.63. The Morgan fingerprint density at radius 3 is 2.86 bits per heavy atom. The topological polar surface area (TPSA) is 33.4 Å². The molecule has 6 heteroatoms. The highest BCUT2D eigenvalue weighted by Gasteiger charge is 2.46. The predicted octanol–water partition coefficient (Wildman–Crippen LogP) is 5.61. The molecule has 0 bridgehead atoms. The smallest absolute Gasteiger partial charge is 0.160 e. The van der Waals surface area contributed by atoms with Crippen LogP contribution >= 0.6 is 27.7 Å². The Morgan fingerprint density at radius 1 is 1.14 bits per heavy atom. The van der Waals surface area contributed by atoms with Gasteiger partial charge in [0.25, 0.3) is 0 Å². The number of aliphatic imine (C=N–C) groups is 1. The molecule has 4 heterocycles. The Bertz CT molecular complexity index is 1020. The highest BCUT2D eigenvalue weighted by molar-refractivity contribution is 9.10. The summed E-state index contributed by atoms with van der Waals surface area (Å²) in [5.41, 5.74) is 3.45. The van der Waals surface area contributed by atoms with E-state index in [0.29, 0.717) is 6.04 Å². The van der Waals surface area contributed by atoms with Crippen molar-refractivity contribution in [1.29, 1.82) is 0 Å². The van der Waals surface area contributed by atoms with Crippen molar-refractivity contribution in [2.45, 2.75) is 31.5 Å². The summed E-state index contributed by atoms with van der Waals surface area (Å²) in [7, 11) is 0. The molecule has 2 aromatic heterocycles. The van der Waals surface area contributed by atoms with E-state index in [1.165, 1.54) is 5.69 Å². The van der Waals surface area contributed by atoms with Crippen molar-refractivity contribution in [3.63, 3.8) is 0 Å². The summed E-state index contributed by atoms with van der Waals surface area (Å²) in [5, 5.41) is 1.16. The Kier molecular flexibility index (Phi) is 4.77. The van der Waals surface area contributed by atoms with Gasteiger partial charge in [-0.2, -0.15) is 0 Å². The van der Waals surface area contributed by atoms with Crippen LogP contribution in [0.2, 0.25) is 0 Å². The average Bonchev–Trinajstić information content (AvgIpc) is 3.43. The van der Waals surface area contributed by atoms with E-state index in [9.17, 15) is 0 Å². The van der Waals surface area contributed by atoms with Crippen molar-refractivity contribution in [1.82, 2.24) is 14.5 Å². The first-order valence-electron chi connectivity index (χ1n) is 9.59. The Morgan fingerprint density at radius 2 is 2.07 bits per heavy atom. The van der Waals surface area contributed by atoms with E-state index in [4.69, 9.17) is 4.99 Å². The minimum Gasteiger partial charge on any atom is -0.337 e. The van der Waals surface area contributed by atoms with Gasteiger partial charge in [-0.1, -0.05) is 46.7 Å². The zero-order chi connectivity index (χ0) is 19.1. The minimum absolute atomic E-state index is 0.0128. The number of hydrogen-bond donors (Lipinski definition) is 0. The van der Waals surface area contributed by atoms with Gasteiger partial charge in [0.15, 0.2) is 5.17 Å². The number of pyridine rings is 1. The molecule has 5 rings (SSSR count). The van der Waals surface area contributed by atoms with Crippen molar-refractivity contribution in [2.24, 2.45) is 4.99 Å². The molecule has 3 aromatic rings. The standard InChI is InChI=1S/C22H21BrN4S/c1-2-16-14-28-22-25-20(18-9-3-4-11-24-18)21(27(16)22)19-10-6-12-26(19)17-8-5-7-15(23)13-17/h3-13,16,20-21H,2,14H2,1H3/t16-,20+,21+/m1/s1. The lowest BCUT2D eigenvalue weighted by molar-refractivity contribution is 0.249. The van der Waals surface area contributed by atoms with Crippen LogP contribution in [0.1, 0.15) is 36.8 Å². The van der Waals surface area contributed by atoms with E-state index < -0.39 is 0 Å². The number of benzene rings is 1. The monoisotopic (exact) mass is 452 g/mol. The molecule has 4 nitrogen and oxygen atoms in total. The molecule has 1 saturated heterocycles. The second-order valence-electron chi connectivity index (χ2n) is 7.12. The lowest BCUT2D eigenvalue weighted by Crippen LogP contribution is -2.36. The first kappa shape index (κ1) is 18.0. The van der Waals surface area contributed by atoms with Crippen LogP contribution in [0.5, 0.6) is 0 Å². The molecule has 1 aromatic carbocycles. The third-order valence-electron chi connectivity index (χ3n) is 5.50. The van der Waals surface area contributed by atoms with Crippen LogP contribution in [0.4, 0.5) is 0 Å². The number of rotatable bonds is 4. The second-order valence-corrected chi connectivity index (χ2v) is 9.02. The van der Waals surface area contributed by atoms with Crippen molar-refractivity contribution < 1.29 is 0 Å². The van der Waals surface area contributed by atoms with Crippen LogP contribution in [-0.2, 0) is 0 Å². The molecule has 2 aliphatic heterocycles. The molecule has 28 heavy (non-hydrogen) atoms. The quantitative estimate of drug-likeness (QED) is 0.515. The molecule has 1 fully saturated rings. The molecule has 2 aliphatic rings. The van der Waals surface area contributed by atoms with E-state index in [1.54, 1.807) is 0 Å². The first-order valence-corrected chi connectivity index (χ1v) is 11.4. The maximum absolute atomic E-state index is 5.13. The Hall–Kier alpha value is -2.05. The first-order chi connectivity index (χ1) is 13.8. The molecule has 0 N–H and O–H groups in total. The zero-order valence-corrected chi connectivity index (χ0v) is 18.0. The van der Waals surface area contributed by atoms with Gasteiger partial charge in [0.2, 0.25) is 0 Å². The average molecular weight is 453 g/mol. The second kappa shape index (κ2) is 7.41. The molecule has 0 saturated carbocycles. The third-order valence-corrected chi connectivity index (χ3v) is 7.12. The van der Waals surface area contributed by atoms with Crippen molar-refractivity contribution >= 4 is 32.9 Å². The van der Waals surface area contributed by atoms with Crippen molar-refractivity contribution in [3.05, 3.63) is 82.9 Å². The molecular weight excluding hydrogens is 432 g/mol. The van der Waals surface area contributed by atoms with E-state index in [1.807, 2.05) is 24.0 Å². The summed E-state index contributed by atoms with van der Waals surface area (Å²) in [4.78, 5) is 12.3. The van der Waals surface area contributed by atoms with Crippen molar-refractivity contribution in [2.75, 3.05) is 5.75 Å². The minimum atomic E-state index is 0.0128. The summed E-state index contributed by atoms with van der Waals surface area (Å²) in [5.74, 6) is 1.11. The normalized spacial score (nSPS) is 23.7. The van der Waals surface area contributed by atoms with Gasteiger partial charge in [-0.3, -0.25) is 9.98 Å². The summed E-state index contributed by atoms with van der Waals surface area (Å²) in [6.07, 6.45) is 5.14. The SMILES string of the molecule is CC[C@@H]1CSC2=N[C@@H](c3ccccn3)[C@H](c3cccn3-c3cccc(Br)c3)N21. The summed E-state index contributed by atoms with van der Waals surface area (Å²) in [6.45, 7) is 2.27. The number of halogens is 1.